The maximum Gasteiger partial charge on any atom is 0.230 e. The number of halogens is 2. The molecule has 0 unspecified atom stereocenters. The Morgan fingerprint density at radius 2 is 1.71 bits per heavy atom. The molecule has 0 atom stereocenters. The third-order valence-corrected chi connectivity index (χ3v) is 3.31. The van der Waals surface area contributed by atoms with Crippen LogP contribution in [0.3, 0.4) is 0 Å². The van der Waals surface area contributed by atoms with Crippen LogP contribution >= 0.6 is 23.2 Å². The van der Waals surface area contributed by atoms with Crippen molar-refractivity contribution in [1.29, 1.82) is 0 Å². The van der Waals surface area contributed by atoms with Crippen molar-refractivity contribution in [3.63, 3.8) is 0 Å². The lowest BCUT2D eigenvalue weighted by atomic mass is 10.0. The highest BCUT2D eigenvalue weighted by atomic mass is 35.5. The minimum atomic E-state index is -0.652. The van der Waals surface area contributed by atoms with Crippen molar-refractivity contribution in [2.75, 3.05) is 18.5 Å². The largest absolute Gasteiger partial charge is 0.388 e. The van der Waals surface area contributed by atoms with E-state index in [9.17, 15) is 5.11 Å². The smallest absolute Gasteiger partial charge is 0.230 e. The maximum atomic E-state index is 10.3. The van der Waals surface area contributed by atoms with E-state index in [0.717, 1.165) is 25.7 Å². The lowest BCUT2D eigenvalue weighted by molar-refractivity contribution is 0.0556. The van der Waals surface area contributed by atoms with Crippen LogP contribution in [0.25, 0.3) is 0 Å². The number of anilines is 1. The van der Waals surface area contributed by atoms with Crippen LogP contribution in [0.2, 0.25) is 10.6 Å². The van der Waals surface area contributed by atoms with E-state index in [4.69, 9.17) is 23.2 Å². The molecular weight excluding hydrogens is 263 g/mol. The molecule has 1 saturated carbocycles. The standard InChI is InChI=1S/C10H14Cl2N4O/c1-16(6-10(17)4-2-3-5-10)9-14-7(11)13-8(12)15-9/h17H,2-6H2,1H3. The molecule has 1 aliphatic carbocycles. The number of aromatic nitrogens is 3. The average Bonchev–Trinajstić information content (AvgIpc) is 2.63. The van der Waals surface area contributed by atoms with Crippen molar-refractivity contribution in [2.45, 2.75) is 31.3 Å². The fourth-order valence-electron chi connectivity index (χ4n) is 2.19. The first-order chi connectivity index (χ1) is 7.98. The molecule has 0 aliphatic heterocycles. The summed E-state index contributed by atoms with van der Waals surface area (Å²) in [7, 11) is 1.80. The highest BCUT2D eigenvalue weighted by Gasteiger charge is 2.32. The molecule has 7 heteroatoms. The van der Waals surface area contributed by atoms with Crippen LogP contribution in [0.15, 0.2) is 0 Å². The molecule has 0 spiro atoms. The van der Waals surface area contributed by atoms with Crippen LogP contribution in [-0.4, -0.2) is 39.3 Å². The molecule has 1 fully saturated rings. The molecule has 0 radical (unpaired) electrons. The van der Waals surface area contributed by atoms with Gasteiger partial charge in [0.1, 0.15) is 0 Å². The van der Waals surface area contributed by atoms with Crippen LogP contribution in [0.5, 0.6) is 0 Å². The Balaban J connectivity index is 2.11. The predicted octanol–water partition coefficient (Wildman–Crippen LogP) is 1.92. The molecular formula is C10H14Cl2N4O. The summed E-state index contributed by atoms with van der Waals surface area (Å²) < 4.78 is 0. The second kappa shape index (κ2) is 4.92. The van der Waals surface area contributed by atoms with Gasteiger partial charge in [0.2, 0.25) is 16.5 Å². The number of hydrogen-bond acceptors (Lipinski definition) is 5. The Morgan fingerprint density at radius 3 is 2.24 bits per heavy atom. The van der Waals surface area contributed by atoms with Gasteiger partial charge < -0.3 is 10.0 Å². The quantitative estimate of drug-likeness (QED) is 0.914. The average molecular weight is 277 g/mol. The van der Waals surface area contributed by atoms with Gasteiger partial charge in [-0.15, -0.1) is 0 Å². The second-order valence-electron chi connectivity index (χ2n) is 4.46. The van der Waals surface area contributed by atoms with Gasteiger partial charge in [-0.25, -0.2) is 0 Å². The third-order valence-electron chi connectivity index (χ3n) is 2.98. The fraction of sp³-hybridized carbons (Fsp3) is 0.700. The van der Waals surface area contributed by atoms with E-state index in [1.807, 2.05) is 0 Å². The summed E-state index contributed by atoms with van der Waals surface area (Å²) in [6, 6.07) is 0. The molecule has 0 saturated heterocycles. The summed E-state index contributed by atoms with van der Waals surface area (Å²) in [5.41, 5.74) is -0.652. The van der Waals surface area contributed by atoms with Gasteiger partial charge in [-0.1, -0.05) is 12.8 Å². The Labute approximate surface area is 110 Å². The van der Waals surface area contributed by atoms with Crippen LogP contribution in [0, 0.1) is 0 Å². The molecule has 1 aliphatic rings. The van der Waals surface area contributed by atoms with Crippen LogP contribution in [0.4, 0.5) is 5.95 Å². The van der Waals surface area contributed by atoms with E-state index in [1.54, 1.807) is 11.9 Å². The normalized spacial score (nSPS) is 18.4. The van der Waals surface area contributed by atoms with Gasteiger partial charge in [0.15, 0.2) is 0 Å². The van der Waals surface area contributed by atoms with E-state index in [-0.39, 0.29) is 10.6 Å². The predicted molar refractivity (Wildman–Crippen MR) is 66.5 cm³/mol. The highest BCUT2D eigenvalue weighted by molar-refractivity contribution is 6.31. The minimum Gasteiger partial charge on any atom is -0.388 e. The van der Waals surface area contributed by atoms with Crippen molar-refractivity contribution < 1.29 is 5.11 Å². The Hall–Kier alpha value is -0.650. The molecule has 0 aromatic carbocycles. The number of hydrogen-bond donors (Lipinski definition) is 1. The highest BCUT2D eigenvalue weighted by Crippen LogP contribution is 2.30. The zero-order valence-electron chi connectivity index (χ0n) is 9.53. The summed E-state index contributed by atoms with van der Waals surface area (Å²) in [4.78, 5) is 13.4. The summed E-state index contributed by atoms with van der Waals surface area (Å²) in [5, 5.41) is 10.4. The molecule has 0 bridgehead atoms. The Morgan fingerprint density at radius 1 is 1.18 bits per heavy atom. The zero-order valence-corrected chi connectivity index (χ0v) is 11.0. The number of rotatable bonds is 3. The van der Waals surface area contributed by atoms with Crippen LogP contribution in [0.1, 0.15) is 25.7 Å². The number of nitrogens with zero attached hydrogens (tertiary/aromatic N) is 4. The first kappa shape index (κ1) is 12.8. The first-order valence-electron chi connectivity index (χ1n) is 5.49. The molecule has 5 nitrogen and oxygen atoms in total. The van der Waals surface area contributed by atoms with Crippen LogP contribution in [-0.2, 0) is 0 Å². The van der Waals surface area contributed by atoms with Gasteiger partial charge in [-0.2, -0.15) is 15.0 Å². The maximum absolute atomic E-state index is 10.3. The van der Waals surface area contributed by atoms with E-state index >= 15 is 0 Å². The van der Waals surface area contributed by atoms with Gasteiger partial charge >= 0.3 is 0 Å². The molecule has 0 amide bonds. The molecule has 1 aromatic heterocycles. The van der Waals surface area contributed by atoms with Crippen molar-refractivity contribution in [1.82, 2.24) is 15.0 Å². The van der Waals surface area contributed by atoms with Crippen molar-refractivity contribution >= 4 is 29.2 Å². The monoisotopic (exact) mass is 276 g/mol. The van der Waals surface area contributed by atoms with E-state index in [2.05, 4.69) is 15.0 Å². The zero-order chi connectivity index (χ0) is 12.5. The fourth-order valence-corrected chi connectivity index (χ4v) is 2.54. The van der Waals surface area contributed by atoms with E-state index in [1.165, 1.54) is 0 Å². The van der Waals surface area contributed by atoms with Gasteiger partial charge in [-0.3, -0.25) is 0 Å². The van der Waals surface area contributed by atoms with Gasteiger partial charge in [0, 0.05) is 13.6 Å². The van der Waals surface area contributed by atoms with E-state index in [0.29, 0.717) is 12.5 Å². The number of likely N-dealkylation sites (N-methyl/N-ethyl adjacent to an activating group) is 1. The second-order valence-corrected chi connectivity index (χ2v) is 5.14. The minimum absolute atomic E-state index is 0.0604. The van der Waals surface area contributed by atoms with Gasteiger partial charge in [-0.05, 0) is 36.0 Å². The number of aliphatic hydroxyl groups is 1. The third kappa shape index (κ3) is 3.18. The van der Waals surface area contributed by atoms with Crippen molar-refractivity contribution in [2.24, 2.45) is 0 Å². The molecule has 1 heterocycles. The van der Waals surface area contributed by atoms with Crippen LogP contribution < -0.4 is 4.90 Å². The SMILES string of the molecule is CN(CC1(O)CCCC1)c1nc(Cl)nc(Cl)n1. The molecule has 94 valence electrons. The summed E-state index contributed by atoms with van der Waals surface area (Å²) in [6.45, 7) is 0.476. The first-order valence-corrected chi connectivity index (χ1v) is 6.25. The topological polar surface area (TPSA) is 62.1 Å². The summed E-state index contributed by atoms with van der Waals surface area (Å²) >= 11 is 11.4. The lowest BCUT2D eigenvalue weighted by Crippen LogP contribution is -2.40. The van der Waals surface area contributed by atoms with E-state index < -0.39 is 5.60 Å². The van der Waals surface area contributed by atoms with Crippen molar-refractivity contribution in [3.8, 4) is 0 Å². The van der Waals surface area contributed by atoms with Crippen molar-refractivity contribution in [3.05, 3.63) is 10.6 Å². The summed E-state index contributed by atoms with van der Waals surface area (Å²) in [6.07, 6.45) is 3.74. The Bertz CT molecular complexity index is 389. The van der Waals surface area contributed by atoms with Gasteiger partial charge in [0.25, 0.3) is 0 Å². The Kier molecular flexibility index (Phi) is 3.70. The summed E-state index contributed by atoms with van der Waals surface area (Å²) in [5.74, 6) is 0.385. The molecule has 1 aromatic rings. The molecule has 17 heavy (non-hydrogen) atoms. The molecule has 1 N–H and O–H groups in total. The molecule has 2 rings (SSSR count). The lowest BCUT2D eigenvalue weighted by Gasteiger charge is -2.28. The van der Waals surface area contributed by atoms with Gasteiger partial charge in [0.05, 0.1) is 5.60 Å².